The number of aromatic nitrogens is 1. The number of carbonyl (C=O) groups excluding carboxylic acids is 1. The number of nitrogens with zero attached hydrogens (tertiary/aromatic N) is 2. The van der Waals surface area contributed by atoms with E-state index < -0.39 is 0 Å². The average Bonchev–Trinajstić information content (AvgIpc) is 2.75. The molecular weight excluding hydrogens is 372 g/mol. The Balaban J connectivity index is 1.79. The van der Waals surface area contributed by atoms with Crippen molar-refractivity contribution in [1.82, 2.24) is 15.2 Å². The van der Waals surface area contributed by atoms with Gasteiger partial charge in [-0.3, -0.25) is 4.79 Å². The van der Waals surface area contributed by atoms with Gasteiger partial charge in [0.2, 0.25) is 0 Å². The molecule has 1 aromatic heterocycles. The van der Waals surface area contributed by atoms with Gasteiger partial charge in [0, 0.05) is 17.6 Å². The summed E-state index contributed by atoms with van der Waals surface area (Å²) in [6, 6.07) is 15.8. The van der Waals surface area contributed by atoms with Crippen LogP contribution in [-0.2, 0) is 0 Å². The van der Waals surface area contributed by atoms with Crippen LogP contribution in [-0.4, -0.2) is 42.0 Å². The number of carbonyl (C=O) groups is 1. The van der Waals surface area contributed by atoms with Crippen LogP contribution in [0.2, 0.25) is 0 Å². The van der Waals surface area contributed by atoms with Gasteiger partial charge in [0.1, 0.15) is 5.82 Å². The molecule has 0 bridgehead atoms. The number of amides is 1. The first-order valence-corrected chi connectivity index (χ1v) is 10.8. The first-order chi connectivity index (χ1) is 14.5. The number of benzene rings is 2. The van der Waals surface area contributed by atoms with Crippen molar-refractivity contribution in [3.63, 3.8) is 0 Å². The molecule has 2 aromatic carbocycles. The lowest BCUT2D eigenvalue weighted by atomic mass is 10.1. The van der Waals surface area contributed by atoms with Gasteiger partial charge in [-0.05, 0) is 75.3 Å². The number of rotatable bonds is 9. The van der Waals surface area contributed by atoms with Crippen molar-refractivity contribution in [2.45, 2.75) is 34.1 Å². The van der Waals surface area contributed by atoms with Gasteiger partial charge in [0.25, 0.3) is 5.91 Å². The Morgan fingerprint density at radius 1 is 1.00 bits per heavy atom. The van der Waals surface area contributed by atoms with Gasteiger partial charge in [-0.15, -0.1) is 0 Å². The lowest BCUT2D eigenvalue weighted by Gasteiger charge is -2.18. The van der Waals surface area contributed by atoms with E-state index in [1.807, 2.05) is 36.4 Å². The molecule has 0 fully saturated rings. The summed E-state index contributed by atoms with van der Waals surface area (Å²) in [6.07, 6.45) is 0.935. The number of para-hydroxylation sites is 1. The average molecular weight is 405 g/mol. The van der Waals surface area contributed by atoms with E-state index >= 15 is 0 Å². The standard InChI is InChI=1S/C25H32N4O/c1-5-29(6-2)15-9-14-26-25(30)22-17-24(28-23-11-8-7-10-21(22)23)27-20-13-12-18(3)19(4)16-20/h7-8,10-13,16-17H,5-6,9,14-15H2,1-4H3,(H,26,30)(H,27,28). The van der Waals surface area contributed by atoms with Crippen molar-refractivity contribution in [3.8, 4) is 0 Å². The highest BCUT2D eigenvalue weighted by Gasteiger charge is 2.13. The van der Waals surface area contributed by atoms with Crippen molar-refractivity contribution < 1.29 is 4.79 Å². The van der Waals surface area contributed by atoms with Crippen LogP contribution in [0.1, 0.15) is 41.8 Å². The Morgan fingerprint density at radius 3 is 2.50 bits per heavy atom. The van der Waals surface area contributed by atoms with Crippen LogP contribution in [0.15, 0.2) is 48.5 Å². The molecule has 0 spiro atoms. The van der Waals surface area contributed by atoms with E-state index in [-0.39, 0.29) is 5.91 Å². The van der Waals surface area contributed by atoms with Gasteiger partial charge in [-0.25, -0.2) is 4.98 Å². The first kappa shape index (κ1) is 21.8. The van der Waals surface area contributed by atoms with Crippen molar-refractivity contribution >= 4 is 28.3 Å². The highest BCUT2D eigenvalue weighted by molar-refractivity contribution is 6.07. The molecule has 1 amide bonds. The zero-order valence-electron chi connectivity index (χ0n) is 18.5. The highest BCUT2D eigenvalue weighted by atomic mass is 16.1. The maximum Gasteiger partial charge on any atom is 0.252 e. The third kappa shape index (κ3) is 5.36. The molecule has 0 aliphatic carbocycles. The third-order valence-corrected chi connectivity index (χ3v) is 5.57. The maximum atomic E-state index is 13.0. The Kier molecular flexibility index (Phi) is 7.41. The summed E-state index contributed by atoms with van der Waals surface area (Å²) in [5.41, 5.74) is 4.88. The largest absolute Gasteiger partial charge is 0.352 e. The number of aryl methyl sites for hydroxylation is 2. The number of fused-ring (bicyclic) bond motifs is 1. The number of pyridine rings is 1. The Labute approximate surface area is 179 Å². The molecular formula is C25H32N4O. The Hall–Kier alpha value is -2.92. The summed E-state index contributed by atoms with van der Waals surface area (Å²) < 4.78 is 0. The molecule has 0 atom stereocenters. The molecule has 30 heavy (non-hydrogen) atoms. The fraction of sp³-hybridized carbons (Fsp3) is 0.360. The molecule has 3 rings (SSSR count). The van der Waals surface area contributed by atoms with Gasteiger partial charge in [0.15, 0.2) is 0 Å². The topological polar surface area (TPSA) is 57.3 Å². The van der Waals surface area contributed by atoms with Gasteiger partial charge in [0.05, 0.1) is 11.1 Å². The number of anilines is 2. The molecule has 1 heterocycles. The van der Waals surface area contributed by atoms with E-state index in [1.54, 1.807) is 0 Å². The lowest BCUT2D eigenvalue weighted by Crippen LogP contribution is -2.30. The van der Waals surface area contributed by atoms with E-state index in [0.29, 0.717) is 17.9 Å². The van der Waals surface area contributed by atoms with Gasteiger partial charge in [-0.1, -0.05) is 38.1 Å². The third-order valence-electron chi connectivity index (χ3n) is 5.57. The molecule has 5 heteroatoms. The van der Waals surface area contributed by atoms with Crippen LogP contribution in [0.5, 0.6) is 0 Å². The molecule has 0 aliphatic rings. The van der Waals surface area contributed by atoms with Crippen molar-refractivity contribution in [3.05, 3.63) is 65.2 Å². The zero-order valence-corrected chi connectivity index (χ0v) is 18.5. The minimum absolute atomic E-state index is 0.0590. The number of hydrogen-bond donors (Lipinski definition) is 2. The minimum Gasteiger partial charge on any atom is -0.352 e. The summed E-state index contributed by atoms with van der Waals surface area (Å²) in [5, 5.41) is 7.31. The second-order valence-electron chi connectivity index (χ2n) is 7.63. The van der Waals surface area contributed by atoms with Gasteiger partial charge in [-0.2, -0.15) is 0 Å². The second-order valence-corrected chi connectivity index (χ2v) is 7.63. The van der Waals surface area contributed by atoms with Crippen LogP contribution < -0.4 is 10.6 Å². The van der Waals surface area contributed by atoms with E-state index in [0.717, 1.165) is 42.6 Å². The predicted octanol–water partition coefficient (Wildman–Crippen LogP) is 5.06. The van der Waals surface area contributed by atoms with Crippen molar-refractivity contribution in [1.29, 1.82) is 0 Å². The summed E-state index contributed by atoms with van der Waals surface area (Å²) in [5.74, 6) is 0.613. The van der Waals surface area contributed by atoms with Crippen LogP contribution in [0.3, 0.4) is 0 Å². The summed E-state index contributed by atoms with van der Waals surface area (Å²) in [6.45, 7) is 12.2. The maximum absolute atomic E-state index is 13.0. The quantitative estimate of drug-likeness (QED) is 0.490. The molecule has 158 valence electrons. The Morgan fingerprint density at radius 2 is 1.77 bits per heavy atom. The van der Waals surface area contributed by atoms with Crippen LogP contribution in [0.4, 0.5) is 11.5 Å². The number of hydrogen-bond acceptors (Lipinski definition) is 4. The normalized spacial score (nSPS) is 11.1. The SMILES string of the molecule is CCN(CC)CCCNC(=O)c1cc(Nc2ccc(C)c(C)c2)nc2ccccc12. The van der Waals surface area contributed by atoms with Crippen molar-refractivity contribution in [2.75, 3.05) is 31.5 Å². The lowest BCUT2D eigenvalue weighted by molar-refractivity contribution is 0.0953. The molecule has 0 saturated carbocycles. The van der Waals surface area contributed by atoms with Crippen LogP contribution >= 0.6 is 0 Å². The summed E-state index contributed by atoms with van der Waals surface area (Å²) in [7, 11) is 0. The minimum atomic E-state index is -0.0590. The monoisotopic (exact) mass is 404 g/mol. The molecule has 5 nitrogen and oxygen atoms in total. The first-order valence-electron chi connectivity index (χ1n) is 10.8. The zero-order chi connectivity index (χ0) is 21.5. The van der Waals surface area contributed by atoms with E-state index in [4.69, 9.17) is 4.98 Å². The fourth-order valence-corrected chi connectivity index (χ4v) is 3.53. The van der Waals surface area contributed by atoms with Crippen molar-refractivity contribution in [2.24, 2.45) is 0 Å². The van der Waals surface area contributed by atoms with Crippen LogP contribution in [0.25, 0.3) is 10.9 Å². The second kappa shape index (κ2) is 10.2. The molecule has 0 radical (unpaired) electrons. The molecule has 2 N–H and O–H groups in total. The van der Waals surface area contributed by atoms with E-state index in [1.165, 1.54) is 11.1 Å². The molecule has 0 unspecified atom stereocenters. The molecule has 0 aliphatic heterocycles. The highest BCUT2D eigenvalue weighted by Crippen LogP contribution is 2.24. The smallest absolute Gasteiger partial charge is 0.252 e. The van der Waals surface area contributed by atoms with Gasteiger partial charge < -0.3 is 15.5 Å². The number of nitrogens with one attached hydrogen (secondary N) is 2. The van der Waals surface area contributed by atoms with Gasteiger partial charge >= 0.3 is 0 Å². The van der Waals surface area contributed by atoms with Crippen LogP contribution in [0, 0.1) is 13.8 Å². The van der Waals surface area contributed by atoms with E-state index in [9.17, 15) is 4.79 Å². The summed E-state index contributed by atoms with van der Waals surface area (Å²) >= 11 is 0. The summed E-state index contributed by atoms with van der Waals surface area (Å²) in [4.78, 5) is 20.0. The predicted molar refractivity (Wildman–Crippen MR) is 126 cm³/mol. The molecule has 3 aromatic rings. The molecule has 0 saturated heterocycles. The van der Waals surface area contributed by atoms with E-state index in [2.05, 4.69) is 55.4 Å². The fourth-order valence-electron chi connectivity index (χ4n) is 3.53. The Bertz CT molecular complexity index is 1010.